The van der Waals surface area contributed by atoms with Gasteiger partial charge in [-0.15, -0.1) is 18.3 Å². The fourth-order valence-electron chi connectivity index (χ4n) is 2.67. The van der Waals surface area contributed by atoms with E-state index in [1.54, 1.807) is 24.8 Å². The summed E-state index contributed by atoms with van der Waals surface area (Å²) in [5, 5.41) is 10.6. The Labute approximate surface area is 125 Å². The van der Waals surface area contributed by atoms with Crippen molar-refractivity contribution in [1.29, 1.82) is 0 Å². The van der Waals surface area contributed by atoms with Crippen LogP contribution in [-0.2, 0) is 6.54 Å². The van der Waals surface area contributed by atoms with Crippen molar-refractivity contribution in [3.63, 3.8) is 0 Å². The van der Waals surface area contributed by atoms with E-state index in [0.29, 0.717) is 23.4 Å². The summed E-state index contributed by atoms with van der Waals surface area (Å²) in [6.45, 7) is 4.21. The number of fused-ring (bicyclic) bond motifs is 1. The summed E-state index contributed by atoms with van der Waals surface area (Å²) in [6.07, 6.45) is 6.43. The lowest BCUT2D eigenvalue weighted by atomic mass is 9.92. The molecule has 0 saturated carbocycles. The average molecular weight is 308 g/mol. The molecule has 0 bridgehead atoms. The molecule has 1 aromatic heterocycles. The lowest BCUT2D eigenvalue weighted by Gasteiger charge is -2.31. The third-order valence-corrected chi connectivity index (χ3v) is 5.16. The number of imidazole rings is 1. The third-order valence-electron chi connectivity index (χ3n) is 3.66. The minimum Gasteiger partial charge on any atom is -0.387 e. The molecule has 0 spiro atoms. The summed E-state index contributed by atoms with van der Waals surface area (Å²) in [6, 6.07) is 2.23. The van der Waals surface area contributed by atoms with Gasteiger partial charge in [0.05, 0.1) is 17.2 Å². The van der Waals surface area contributed by atoms with E-state index in [2.05, 4.69) is 11.6 Å². The number of rotatable bonds is 4. The summed E-state index contributed by atoms with van der Waals surface area (Å²) in [5.74, 6) is -1.84. The summed E-state index contributed by atoms with van der Waals surface area (Å²) in [5.41, 5.74) is 0.431. The van der Waals surface area contributed by atoms with Gasteiger partial charge in [0, 0.05) is 23.8 Å². The first-order valence-electron chi connectivity index (χ1n) is 6.48. The van der Waals surface area contributed by atoms with E-state index >= 15 is 0 Å². The number of nitrogens with zero attached hydrogens (tertiary/aromatic N) is 2. The molecule has 0 amide bonds. The monoisotopic (exact) mass is 308 g/mol. The highest BCUT2D eigenvalue weighted by molar-refractivity contribution is 8.01. The molecule has 2 aromatic rings. The number of hydrogen-bond acceptors (Lipinski definition) is 3. The summed E-state index contributed by atoms with van der Waals surface area (Å²) < 4.78 is 28.1. The zero-order valence-corrected chi connectivity index (χ0v) is 12.0. The van der Waals surface area contributed by atoms with Crippen molar-refractivity contribution in [2.24, 2.45) is 0 Å². The average Bonchev–Trinajstić information content (AvgIpc) is 3.02. The molecule has 0 radical (unpaired) electrons. The number of aliphatic hydroxyl groups excluding tert-OH is 1. The standard InChI is InChI=1S/C15H14F2N2OS/c1-2-3-15(8-19-5-4-18-9-19)14(20)10-6-11(16)12(17)7-13(10)21-15/h2,4-7,9,14,20H,1,3,8H2/t14-,15-/m0/s1. The molecule has 0 unspecified atom stereocenters. The van der Waals surface area contributed by atoms with Crippen molar-refractivity contribution in [2.75, 3.05) is 0 Å². The van der Waals surface area contributed by atoms with E-state index in [4.69, 9.17) is 0 Å². The van der Waals surface area contributed by atoms with Gasteiger partial charge in [0.1, 0.15) is 0 Å². The van der Waals surface area contributed by atoms with Crippen molar-refractivity contribution in [3.05, 3.63) is 60.7 Å². The van der Waals surface area contributed by atoms with Crippen molar-refractivity contribution in [3.8, 4) is 0 Å². The van der Waals surface area contributed by atoms with Gasteiger partial charge < -0.3 is 9.67 Å². The van der Waals surface area contributed by atoms with Crippen LogP contribution in [0.15, 0.2) is 48.4 Å². The normalized spacial score (nSPS) is 24.0. The number of allylic oxidation sites excluding steroid dienone is 1. The highest BCUT2D eigenvalue weighted by Crippen LogP contribution is 2.55. The maximum absolute atomic E-state index is 13.4. The van der Waals surface area contributed by atoms with Crippen LogP contribution in [0.5, 0.6) is 0 Å². The lowest BCUT2D eigenvalue weighted by Crippen LogP contribution is -2.33. The maximum Gasteiger partial charge on any atom is 0.159 e. The molecule has 0 fully saturated rings. The van der Waals surface area contributed by atoms with Gasteiger partial charge in [0.2, 0.25) is 0 Å². The topological polar surface area (TPSA) is 38.0 Å². The number of benzene rings is 1. The van der Waals surface area contributed by atoms with E-state index in [1.165, 1.54) is 11.8 Å². The molecule has 110 valence electrons. The number of halogens is 2. The van der Waals surface area contributed by atoms with Gasteiger partial charge in [0.25, 0.3) is 0 Å². The molecule has 3 rings (SSSR count). The van der Waals surface area contributed by atoms with Gasteiger partial charge in [-0.1, -0.05) is 6.08 Å². The second kappa shape index (κ2) is 5.27. The van der Waals surface area contributed by atoms with Gasteiger partial charge in [0.15, 0.2) is 11.6 Å². The van der Waals surface area contributed by atoms with Crippen LogP contribution in [0, 0.1) is 11.6 Å². The SMILES string of the molecule is C=CC[C@@]1(Cn2ccnc2)Sc2cc(F)c(F)cc2[C@@H]1O. The number of aliphatic hydroxyl groups is 1. The highest BCUT2D eigenvalue weighted by Gasteiger charge is 2.46. The van der Waals surface area contributed by atoms with Gasteiger partial charge in [-0.25, -0.2) is 13.8 Å². The summed E-state index contributed by atoms with van der Waals surface area (Å²) in [7, 11) is 0. The third kappa shape index (κ3) is 2.38. The molecule has 21 heavy (non-hydrogen) atoms. The van der Waals surface area contributed by atoms with Crippen LogP contribution in [0.3, 0.4) is 0 Å². The zero-order chi connectivity index (χ0) is 15.0. The van der Waals surface area contributed by atoms with E-state index in [-0.39, 0.29) is 0 Å². The minimum absolute atomic E-state index is 0.431. The number of aromatic nitrogens is 2. The molecular formula is C15H14F2N2OS. The smallest absolute Gasteiger partial charge is 0.159 e. The largest absolute Gasteiger partial charge is 0.387 e. The van der Waals surface area contributed by atoms with Crippen LogP contribution in [0.25, 0.3) is 0 Å². The van der Waals surface area contributed by atoms with Crippen LogP contribution in [-0.4, -0.2) is 19.4 Å². The molecule has 0 aliphatic carbocycles. The Balaban J connectivity index is 2.01. The predicted octanol–water partition coefficient (Wildman–Crippen LogP) is 3.32. The quantitative estimate of drug-likeness (QED) is 0.881. The van der Waals surface area contributed by atoms with Crippen LogP contribution in [0.1, 0.15) is 18.1 Å². The summed E-state index contributed by atoms with van der Waals surface area (Å²) in [4.78, 5) is 4.56. The fourth-order valence-corrected chi connectivity index (χ4v) is 4.22. The van der Waals surface area contributed by atoms with Crippen LogP contribution in [0.4, 0.5) is 8.78 Å². The molecule has 6 heteroatoms. The van der Waals surface area contributed by atoms with Crippen LogP contribution < -0.4 is 0 Å². The Kier molecular flexibility index (Phi) is 3.59. The molecule has 1 aliphatic rings. The molecule has 1 N–H and O–H groups in total. The Bertz CT molecular complexity index is 675. The van der Waals surface area contributed by atoms with E-state index in [0.717, 1.165) is 12.1 Å². The first-order chi connectivity index (χ1) is 10.1. The second-order valence-corrected chi connectivity index (χ2v) is 6.56. The molecule has 2 atom stereocenters. The minimum atomic E-state index is -0.939. The Morgan fingerprint density at radius 2 is 2.19 bits per heavy atom. The van der Waals surface area contributed by atoms with E-state index in [1.807, 2.05) is 4.57 Å². The zero-order valence-electron chi connectivity index (χ0n) is 11.2. The molecule has 0 saturated heterocycles. The molecule has 1 aromatic carbocycles. The van der Waals surface area contributed by atoms with Crippen molar-refractivity contribution in [2.45, 2.75) is 28.7 Å². The van der Waals surface area contributed by atoms with Crippen molar-refractivity contribution >= 4 is 11.8 Å². The Hall–Kier alpha value is -1.66. The second-order valence-electron chi connectivity index (χ2n) is 5.10. The number of thioether (sulfide) groups is 1. The van der Waals surface area contributed by atoms with Gasteiger partial charge in [-0.05, 0) is 24.1 Å². The molecule has 1 aliphatic heterocycles. The lowest BCUT2D eigenvalue weighted by molar-refractivity contribution is 0.123. The predicted molar refractivity (Wildman–Crippen MR) is 76.9 cm³/mol. The van der Waals surface area contributed by atoms with Crippen molar-refractivity contribution < 1.29 is 13.9 Å². The van der Waals surface area contributed by atoms with Crippen LogP contribution in [0.2, 0.25) is 0 Å². The van der Waals surface area contributed by atoms with E-state index < -0.39 is 22.5 Å². The van der Waals surface area contributed by atoms with Crippen molar-refractivity contribution in [1.82, 2.24) is 9.55 Å². The molecule has 3 nitrogen and oxygen atoms in total. The first-order valence-corrected chi connectivity index (χ1v) is 7.30. The van der Waals surface area contributed by atoms with E-state index in [9.17, 15) is 13.9 Å². The number of hydrogen-bond donors (Lipinski definition) is 1. The van der Waals surface area contributed by atoms with Crippen LogP contribution >= 0.6 is 11.8 Å². The Morgan fingerprint density at radius 3 is 2.86 bits per heavy atom. The summed E-state index contributed by atoms with van der Waals surface area (Å²) >= 11 is 1.36. The molecular weight excluding hydrogens is 294 g/mol. The molecule has 2 heterocycles. The fraction of sp³-hybridized carbons (Fsp3) is 0.267. The van der Waals surface area contributed by atoms with Gasteiger partial charge >= 0.3 is 0 Å². The van der Waals surface area contributed by atoms with Gasteiger partial charge in [-0.3, -0.25) is 0 Å². The maximum atomic E-state index is 13.4. The Morgan fingerprint density at radius 1 is 1.43 bits per heavy atom. The van der Waals surface area contributed by atoms with Gasteiger partial charge in [-0.2, -0.15) is 0 Å². The first kappa shape index (κ1) is 14.3. The highest BCUT2D eigenvalue weighted by atomic mass is 32.2.